The second-order valence-corrected chi connectivity index (χ2v) is 5.14. The molecule has 0 unspecified atom stereocenters. The first-order chi connectivity index (χ1) is 8.90. The Morgan fingerprint density at radius 2 is 1.68 bits per heavy atom. The molecule has 0 radical (unpaired) electrons. The van der Waals surface area contributed by atoms with Gasteiger partial charge in [-0.25, -0.2) is 4.39 Å². The Balaban J connectivity index is 2.53. The zero-order valence-corrected chi connectivity index (χ0v) is 11.8. The third-order valence-corrected chi connectivity index (χ3v) is 3.53. The van der Waals surface area contributed by atoms with E-state index in [1.165, 1.54) is 12.1 Å². The second-order valence-electron chi connectivity index (χ2n) is 4.73. The van der Waals surface area contributed by atoms with E-state index in [-0.39, 0.29) is 11.3 Å². The lowest BCUT2D eigenvalue weighted by Gasteiger charge is -2.09. The van der Waals surface area contributed by atoms with Crippen molar-refractivity contribution < 1.29 is 9.18 Å². The zero-order chi connectivity index (χ0) is 14.2. The maximum Gasteiger partial charge on any atom is 0.196 e. The van der Waals surface area contributed by atoms with E-state index in [0.29, 0.717) is 10.6 Å². The first-order valence-electron chi connectivity index (χ1n) is 5.97. The molecule has 0 fully saturated rings. The van der Waals surface area contributed by atoms with Crippen LogP contribution in [0.4, 0.5) is 4.39 Å². The van der Waals surface area contributed by atoms with Crippen LogP contribution >= 0.6 is 11.6 Å². The minimum Gasteiger partial charge on any atom is -0.288 e. The molecule has 3 heteroatoms. The molecule has 98 valence electrons. The molecule has 2 aromatic rings. The molecule has 0 aliphatic heterocycles. The van der Waals surface area contributed by atoms with Crippen molar-refractivity contribution in [2.75, 3.05) is 0 Å². The van der Waals surface area contributed by atoms with Crippen LogP contribution in [0.1, 0.15) is 32.6 Å². The van der Waals surface area contributed by atoms with Gasteiger partial charge in [0.25, 0.3) is 0 Å². The lowest BCUT2D eigenvalue weighted by atomic mass is 9.96. The third kappa shape index (κ3) is 2.69. The molecule has 2 aromatic carbocycles. The number of hydrogen-bond donors (Lipinski definition) is 0. The molecule has 0 bridgehead atoms. The lowest BCUT2D eigenvalue weighted by molar-refractivity contribution is 0.103. The number of ketones is 1. The fourth-order valence-corrected chi connectivity index (χ4v) is 2.19. The van der Waals surface area contributed by atoms with Gasteiger partial charge in [0.05, 0.1) is 5.56 Å². The quantitative estimate of drug-likeness (QED) is 0.731. The summed E-state index contributed by atoms with van der Waals surface area (Å²) in [6.45, 7) is 5.41. The Labute approximate surface area is 117 Å². The van der Waals surface area contributed by atoms with Gasteiger partial charge >= 0.3 is 0 Å². The molecule has 1 nitrogen and oxygen atoms in total. The van der Waals surface area contributed by atoms with Gasteiger partial charge in [0.15, 0.2) is 5.78 Å². The highest BCUT2D eigenvalue weighted by Gasteiger charge is 2.17. The van der Waals surface area contributed by atoms with Gasteiger partial charge in [-0.1, -0.05) is 17.7 Å². The highest BCUT2D eigenvalue weighted by molar-refractivity contribution is 6.31. The van der Waals surface area contributed by atoms with Gasteiger partial charge in [-0.05, 0) is 61.7 Å². The molecule has 0 aliphatic rings. The molecule has 19 heavy (non-hydrogen) atoms. The first kappa shape index (κ1) is 13.8. The normalized spacial score (nSPS) is 10.6. The molecule has 0 saturated heterocycles. The van der Waals surface area contributed by atoms with Crippen molar-refractivity contribution in [3.8, 4) is 0 Å². The van der Waals surface area contributed by atoms with Gasteiger partial charge < -0.3 is 0 Å². The first-order valence-corrected chi connectivity index (χ1v) is 6.35. The summed E-state index contributed by atoms with van der Waals surface area (Å²) in [5, 5.41) is 0.610. The van der Waals surface area contributed by atoms with Crippen LogP contribution in [-0.2, 0) is 0 Å². The Morgan fingerprint density at radius 1 is 1.00 bits per heavy atom. The Morgan fingerprint density at radius 3 is 2.32 bits per heavy atom. The molecule has 0 aliphatic carbocycles. The van der Waals surface area contributed by atoms with Crippen molar-refractivity contribution in [3.63, 3.8) is 0 Å². The van der Waals surface area contributed by atoms with Crippen LogP contribution in [0.25, 0.3) is 0 Å². The third-order valence-electron chi connectivity index (χ3n) is 3.12. The fourth-order valence-electron chi connectivity index (χ4n) is 1.97. The van der Waals surface area contributed by atoms with Crippen LogP contribution in [0.5, 0.6) is 0 Å². The second kappa shape index (κ2) is 5.14. The Bertz CT molecular complexity index is 662. The van der Waals surface area contributed by atoms with Gasteiger partial charge in [0.2, 0.25) is 0 Å². The molecule has 0 atom stereocenters. The van der Waals surface area contributed by atoms with Gasteiger partial charge in [0, 0.05) is 10.6 Å². The van der Waals surface area contributed by atoms with E-state index >= 15 is 0 Å². The van der Waals surface area contributed by atoms with Crippen molar-refractivity contribution >= 4 is 17.4 Å². The van der Waals surface area contributed by atoms with E-state index in [9.17, 15) is 9.18 Å². The van der Waals surface area contributed by atoms with E-state index in [1.54, 1.807) is 32.0 Å². The van der Waals surface area contributed by atoms with Gasteiger partial charge in [0.1, 0.15) is 5.82 Å². The average molecular weight is 277 g/mol. The van der Waals surface area contributed by atoms with Crippen molar-refractivity contribution in [2.24, 2.45) is 0 Å². The van der Waals surface area contributed by atoms with E-state index in [4.69, 9.17) is 11.6 Å². The average Bonchev–Trinajstić information content (AvgIpc) is 2.33. The maximum atomic E-state index is 13.9. The van der Waals surface area contributed by atoms with Crippen molar-refractivity contribution in [1.29, 1.82) is 0 Å². The van der Waals surface area contributed by atoms with Crippen molar-refractivity contribution in [1.82, 2.24) is 0 Å². The fraction of sp³-hybridized carbons (Fsp3) is 0.188. The summed E-state index contributed by atoms with van der Waals surface area (Å²) < 4.78 is 13.9. The summed E-state index contributed by atoms with van der Waals surface area (Å²) in [7, 11) is 0. The van der Waals surface area contributed by atoms with Crippen molar-refractivity contribution in [2.45, 2.75) is 20.8 Å². The summed E-state index contributed by atoms with van der Waals surface area (Å²) in [5.74, 6) is -0.799. The largest absolute Gasteiger partial charge is 0.288 e. The zero-order valence-electron chi connectivity index (χ0n) is 11.1. The summed E-state index contributed by atoms with van der Waals surface area (Å²) in [6.07, 6.45) is 0. The molecular formula is C16H14ClFO. The van der Waals surface area contributed by atoms with Gasteiger partial charge in [-0.15, -0.1) is 0 Å². The number of aryl methyl sites for hydroxylation is 3. The minimum atomic E-state index is -0.489. The molecule has 2 rings (SSSR count). The van der Waals surface area contributed by atoms with E-state index in [0.717, 1.165) is 16.7 Å². The van der Waals surface area contributed by atoms with Crippen LogP contribution in [-0.4, -0.2) is 5.78 Å². The maximum absolute atomic E-state index is 13.9. The Hall–Kier alpha value is -1.67. The van der Waals surface area contributed by atoms with Crippen LogP contribution in [0, 0.1) is 26.6 Å². The molecule has 0 aromatic heterocycles. The monoisotopic (exact) mass is 276 g/mol. The van der Waals surface area contributed by atoms with Gasteiger partial charge in [-0.3, -0.25) is 4.79 Å². The Kier molecular flexibility index (Phi) is 3.72. The topological polar surface area (TPSA) is 17.1 Å². The SMILES string of the molecule is Cc1ccc(C(=O)c2cc(C)c(Cl)cc2C)c(F)c1. The summed E-state index contributed by atoms with van der Waals surface area (Å²) in [4.78, 5) is 12.4. The molecule has 0 heterocycles. The molecule has 0 amide bonds. The van der Waals surface area contributed by atoms with Gasteiger partial charge in [-0.2, -0.15) is 0 Å². The smallest absolute Gasteiger partial charge is 0.196 e. The van der Waals surface area contributed by atoms with Crippen LogP contribution in [0.3, 0.4) is 0 Å². The summed E-state index contributed by atoms with van der Waals surface area (Å²) in [6, 6.07) is 8.06. The molecule has 0 saturated carbocycles. The number of carbonyl (C=O) groups excluding carboxylic acids is 1. The summed E-state index contributed by atoms with van der Waals surface area (Å²) >= 11 is 6.00. The van der Waals surface area contributed by atoms with Crippen LogP contribution < -0.4 is 0 Å². The molecule has 0 spiro atoms. The van der Waals surface area contributed by atoms with Crippen LogP contribution in [0.2, 0.25) is 5.02 Å². The number of hydrogen-bond acceptors (Lipinski definition) is 1. The number of benzene rings is 2. The number of rotatable bonds is 2. The predicted molar refractivity (Wildman–Crippen MR) is 75.5 cm³/mol. The van der Waals surface area contributed by atoms with E-state index < -0.39 is 5.82 Å². The lowest BCUT2D eigenvalue weighted by Crippen LogP contribution is -2.07. The van der Waals surface area contributed by atoms with E-state index in [1.807, 2.05) is 6.92 Å². The highest BCUT2D eigenvalue weighted by atomic mass is 35.5. The highest BCUT2D eigenvalue weighted by Crippen LogP contribution is 2.23. The minimum absolute atomic E-state index is 0.0930. The van der Waals surface area contributed by atoms with Crippen LogP contribution in [0.15, 0.2) is 30.3 Å². The number of carbonyl (C=O) groups is 1. The van der Waals surface area contributed by atoms with E-state index in [2.05, 4.69) is 0 Å². The molecule has 0 N–H and O–H groups in total. The summed E-state index contributed by atoms with van der Waals surface area (Å²) in [5.41, 5.74) is 2.93. The molecular weight excluding hydrogens is 263 g/mol. The number of halogens is 2. The predicted octanol–water partition coefficient (Wildman–Crippen LogP) is 4.64. The van der Waals surface area contributed by atoms with Crippen molar-refractivity contribution in [3.05, 3.63) is 69.0 Å². The standard InChI is InChI=1S/C16H14ClFO/c1-9-4-5-12(15(18)6-9)16(19)13-7-11(3)14(17)8-10(13)2/h4-8H,1-3H3.